The number of esters is 3. The van der Waals surface area contributed by atoms with Gasteiger partial charge in [0.25, 0.3) is 0 Å². The fourth-order valence-electron chi connectivity index (χ4n) is 6.63. The fraction of sp³-hybridized carbons (Fsp3) is 0.717. The van der Waals surface area contributed by atoms with E-state index < -0.39 is 6.10 Å². The Labute approximate surface area is 363 Å². The normalized spacial score (nSPS) is 12.7. The van der Waals surface area contributed by atoms with Crippen LogP contribution in [0.25, 0.3) is 0 Å². The largest absolute Gasteiger partial charge is 0.462 e. The van der Waals surface area contributed by atoms with Crippen molar-refractivity contribution >= 4 is 17.9 Å². The van der Waals surface area contributed by atoms with Gasteiger partial charge in [-0.3, -0.25) is 14.4 Å². The lowest BCUT2D eigenvalue weighted by atomic mass is 10.0. The topological polar surface area (TPSA) is 78.9 Å². The van der Waals surface area contributed by atoms with Crippen molar-refractivity contribution < 1.29 is 28.6 Å². The Kier molecular flexibility index (Phi) is 45.0. The molecule has 0 spiro atoms. The molecule has 0 heterocycles. The highest BCUT2D eigenvalue weighted by molar-refractivity contribution is 5.71. The molecule has 0 N–H and O–H groups in total. The predicted molar refractivity (Wildman–Crippen MR) is 251 cm³/mol. The molecule has 0 aromatic heterocycles. The SMILES string of the molecule is CC\C=C/C=C\C=C/CCCCCCCC(=O)OC(COC(=O)CCCC/C=C\C/C=C\C/C=C\CC)COC(=O)CCCCCCCCCCCCCCCCCC. The zero-order valence-corrected chi connectivity index (χ0v) is 38.5. The van der Waals surface area contributed by atoms with Crippen molar-refractivity contribution in [2.45, 2.75) is 232 Å². The van der Waals surface area contributed by atoms with Gasteiger partial charge in [-0.05, 0) is 70.6 Å². The van der Waals surface area contributed by atoms with Crippen LogP contribution in [0.5, 0.6) is 0 Å². The molecule has 59 heavy (non-hydrogen) atoms. The number of rotatable bonds is 43. The Hall–Kier alpha value is -3.15. The molecule has 0 aliphatic heterocycles. The monoisotopic (exact) mass is 823 g/mol. The Morgan fingerprint density at radius 3 is 1.25 bits per heavy atom. The number of hydrogen-bond donors (Lipinski definition) is 0. The lowest BCUT2D eigenvalue weighted by Gasteiger charge is -2.18. The maximum atomic E-state index is 12.7. The summed E-state index contributed by atoms with van der Waals surface area (Å²) in [6.45, 7) is 6.33. The van der Waals surface area contributed by atoms with Crippen molar-refractivity contribution in [3.8, 4) is 0 Å². The average Bonchev–Trinajstić information content (AvgIpc) is 3.23. The maximum absolute atomic E-state index is 12.7. The van der Waals surface area contributed by atoms with Gasteiger partial charge in [-0.25, -0.2) is 0 Å². The van der Waals surface area contributed by atoms with Crippen LogP contribution in [0.15, 0.2) is 72.9 Å². The second kappa shape index (κ2) is 47.5. The van der Waals surface area contributed by atoms with Crippen LogP contribution in [-0.4, -0.2) is 37.2 Å². The molecule has 1 atom stereocenters. The van der Waals surface area contributed by atoms with Gasteiger partial charge in [-0.15, -0.1) is 0 Å². The van der Waals surface area contributed by atoms with Crippen LogP contribution < -0.4 is 0 Å². The van der Waals surface area contributed by atoms with Crippen LogP contribution in [0.2, 0.25) is 0 Å². The van der Waals surface area contributed by atoms with Gasteiger partial charge in [0.2, 0.25) is 0 Å². The van der Waals surface area contributed by atoms with E-state index in [1.165, 1.54) is 83.5 Å². The van der Waals surface area contributed by atoms with E-state index >= 15 is 0 Å². The molecular formula is C53H90O6. The lowest BCUT2D eigenvalue weighted by Crippen LogP contribution is -2.30. The van der Waals surface area contributed by atoms with E-state index in [2.05, 4.69) is 93.7 Å². The summed E-state index contributed by atoms with van der Waals surface area (Å²) >= 11 is 0. The third-order valence-corrected chi connectivity index (χ3v) is 10.3. The molecule has 0 radical (unpaired) electrons. The van der Waals surface area contributed by atoms with Crippen LogP contribution in [0, 0.1) is 0 Å². The minimum atomic E-state index is -0.798. The first-order valence-electron chi connectivity index (χ1n) is 24.5. The second-order valence-electron chi connectivity index (χ2n) is 16.0. The van der Waals surface area contributed by atoms with Crippen molar-refractivity contribution in [3.63, 3.8) is 0 Å². The first-order chi connectivity index (χ1) is 29.0. The second-order valence-corrected chi connectivity index (χ2v) is 16.0. The predicted octanol–water partition coefficient (Wildman–Crippen LogP) is 15.9. The number of allylic oxidation sites excluding steroid dienone is 12. The Balaban J connectivity index is 4.42. The third-order valence-electron chi connectivity index (χ3n) is 10.3. The zero-order chi connectivity index (χ0) is 43.0. The van der Waals surface area contributed by atoms with Crippen molar-refractivity contribution in [1.29, 1.82) is 0 Å². The van der Waals surface area contributed by atoms with Gasteiger partial charge >= 0.3 is 17.9 Å². The summed E-state index contributed by atoms with van der Waals surface area (Å²) in [7, 11) is 0. The first-order valence-corrected chi connectivity index (χ1v) is 24.5. The fourth-order valence-corrected chi connectivity index (χ4v) is 6.63. The Morgan fingerprint density at radius 2 is 0.746 bits per heavy atom. The number of ether oxygens (including phenoxy) is 3. The molecule has 0 rings (SSSR count). The average molecular weight is 823 g/mol. The summed E-state index contributed by atoms with van der Waals surface area (Å²) in [5, 5.41) is 0. The molecule has 6 nitrogen and oxygen atoms in total. The van der Waals surface area contributed by atoms with E-state index in [1.54, 1.807) is 0 Å². The summed E-state index contributed by atoms with van der Waals surface area (Å²) in [6, 6.07) is 0. The number of hydrogen-bond acceptors (Lipinski definition) is 6. The van der Waals surface area contributed by atoms with Crippen molar-refractivity contribution in [2.75, 3.05) is 13.2 Å². The van der Waals surface area contributed by atoms with Crippen LogP contribution in [0.3, 0.4) is 0 Å². The summed E-state index contributed by atoms with van der Waals surface area (Å²) in [4.78, 5) is 37.8. The highest BCUT2D eigenvalue weighted by Gasteiger charge is 2.19. The summed E-state index contributed by atoms with van der Waals surface area (Å²) in [5.74, 6) is -0.957. The summed E-state index contributed by atoms with van der Waals surface area (Å²) in [6.07, 6.45) is 58.9. The molecule has 0 aliphatic rings. The van der Waals surface area contributed by atoms with Gasteiger partial charge < -0.3 is 14.2 Å². The highest BCUT2D eigenvalue weighted by Crippen LogP contribution is 2.15. The maximum Gasteiger partial charge on any atom is 0.306 e. The van der Waals surface area contributed by atoms with Crippen LogP contribution >= 0.6 is 0 Å². The molecule has 0 bridgehead atoms. The van der Waals surface area contributed by atoms with E-state index in [4.69, 9.17) is 14.2 Å². The Morgan fingerprint density at radius 1 is 0.373 bits per heavy atom. The van der Waals surface area contributed by atoms with Crippen molar-refractivity contribution in [3.05, 3.63) is 72.9 Å². The molecule has 0 saturated heterocycles. The van der Waals surface area contributed by atoms with Gasteiger partial charge in [0.15, 0.2) is 6.10 Å². The Bertz CT molecular complexity index is 1130. The van der Waals surface area contributed by atoms with Gasteiger partial charge in [0, 0.05) is 19.3 Å². The van der Waals surface area contributed by atoms with Gasteiger partial charge in [0.05, 0.1) is 0 Å². The van der Waals surface area contributed by atoms with Crippen molar-refractivity contribution in [1.82, 2.24) is 0 Å². The number of unbranched alkanes of at least 4 members (excludes halogenated alkanes) is 22. The highest BCUT2D eigenvalue weighted by atomic mass is 16.6. The quantitative estimate of drug-likeness (QED) is 0.0200. The number of carbonyl (C=O) groups excluding carboxylic acids is 3. The van der Waals surface area contributed by atoms with E-state index in [1.807, 2.05) is 0 Å². The molecular weight excluding hydrogens is 733 g/mol. The van der Waals surface area contributed by atoms with E-state index in [0.29, 0.717) is 19.3 Å². The molecule has 0 aliphatic carbocycles. The first kappa shape index (κ1) is 55.9. The smallest absolute Gasteiger partial charge is 0.306 e. The summed E-state index contributed by atoms with van der Waals surface area (Å²) in [5.41, 5.74) is 0. The molecule has 338 valence electrons. The minimum absolute atomic E-state index is 0.0948. The van der Waals surface area contributed by atoms with Gasteiger partial charge in [0.1, 0.15) is 13.2 Å². The zero-order valence-electron chi connectivity index (χ0n) is 38.5. The standard InChI is InChI=1S/C53H90O6/c1-4-7-10-13-16-19-22-25-26-27-29-31-34-37-40-43-46-52(55)58-49-50(48-57-51(54)45-42-39-36-33-30-24-21-18-15-12-9-6-3)59-53(56)47-44-41-38-35-32-28-23-20-17-14-11-8-5-2/h8-9,11-12,14,17-18,20-21,23,30,33,50H,4-7,10,13,15-16,19,22,24-29,31-32,34-49H2,1-3H3/b11-8-,12-9-,17-14-,21-18-,23-20-,33-30-. The number of carbonyl (C=O) groups is 3. The van der Waals surface area contributed by atoms with Crippen molar-refractivity contribution in [2.24, 2.45) is 0 Å². The van der Waals surface area contributed by atoms with Crippen LogP contribution in [0.1, 0.15) is 226 Å². The molecule has 0 saturated carbocycles. The van der Waals surface area contributed by atoms with E-state index in [9.17, 15) is 14.4 Å². The molecule has 0 aromatic carbocycles. The van der Waals surface area contributed by atoms with Gasteiger partial charge in [-0.2, -0.15) is 0 Å². The third kappa shape index (κ3) is 45.8. The minimum Gasteiger partial charge on any atom is -0.462 e. The van der Waals surface area contributed by atoms with Crippen LogP contribution in [0.4, 0.5) is 0 Å². The molecule has 6 heteroatoms. The lowest BCUT2D eigenvalue weighted by molar-refractivity contribution is -0.167. The molecule has 0 fully saturated rings. The molecule has 0 amide bonds. The van der Waals surface area contributed by atoms with Gasteiger partial charge in [-0.1, -0.05) is 209 Å². The summed E-state index contributed by atoms with van der Waals surface area (Å²) < 4.78 is 16.7. The van der Waals surface area contributed by atoms with E-state index in [0.717, 1.165) is 103 Å². The van der Waals surface area contributed by atoms with E-state index in [-0.39, 0.29) is 31.1 Å². The van der Waals surface area contributed by atoms with Crippen LogP contribution in [-0.2, 0) is 28.6 Å². The molecule has 0 aromatic rings. The molecule has 1 unspecified atom stereocenters.